The van der Waals surface area contributed by atoms with Crippen molar-refractivity contribution in [1.29, 1.82) is 0 Å². The van der Waals surface area contributed by atoms with Crippen LogP contribution in [0.2, 0.25) is 0 Å². The minimum absolute atomic E-state index is 0.0955. The van der Waals surface area contributed by atoms with Crippen LogP contribution in [0.5, 0.6) is 5.75 Å². The summed E-state index contributed by atoms with van der Waals surface area (Å²) in [6.45, 7) is 7.79. The van der Waals surface area contributed by atoms with Gasteiger partial charge in [0.1, 0.15) is 17.9 Å². The van der Waals surface area contributed by atoms with Crippen LogP contribution in [0.3, 0.4) is 0 Å². The van der Waals surface area contributed by atoms with Gasteiger partial charge in [-0.25, -0.2) is 14.6 Å². The number of benzene rings is 1. The van der Waals surface area contributed by atoms with E-state index in [1.165, 1.54) is 11.9 Å². The van der Waals surface area contributed by atoms with Crippen LogP contribution < -0.4 is 10.1 Å². The largest absolute Gasteiger partial charge is 0.484 e. The molecular weight excluding hydrogens is 330 g/mol. The van der Waals surface area contributed by atoms with E-state index in [0.29, 0.717) is 17.4 Å². The van der Waals surface area contributed by atoms with E-state index in [4.69, 9.17) is 4.74 Å². The van der Waals surface area contributed by atoms with Crippen molar-refractivity contribution in [3.8, 4) is 11.6 Å². The highest BCUT2D eigenvalue weighted by molar-refractivity contribution is 5.91. The van der Waals surface area contributed by atoms with Gasteiger partial charge in [0, 0.05) is 11.8 Å². The smallest absolute Gasteiger partial charge is 0.263 e. The fourth-order valence-electron chi connectivity index (χ4n) is 2.52. The molecule has 2 heterocycles. The molecular formula is C19H21N5O2. The van der Waals surface area contributed by atoms with Gasteiger partial charge in [0.25, 0.3) is 5.91 Å². The lowest BCUT2D eigenvalue weighted by Crippen LogP contribution is -2.21. The number of anilines is 1. The molecule has 0 unspecified atom stereocenters. The molecule has 0 bridgehead atoms. The Balaban J connectivity index is 1.65. The van der Waals surface area contributed by atoms with Crippen molar-refractivity contribution < 1.29 is 9.53 Å². The van der Waals surface area contributed by atoms with E-state index in [9.17, 15) is 4.79 Å². The van der Waals surface area contributed by atoms with E-state index in [1.54, 1.807) is 10.7 Å². The van der Waals surface area contributed by atoms with Gasteiger partial charge in [0.2, 0.25) is 0 Å². The first-order chi connectivity index (χ1) is 12.4. The van der Waals surface area contributed by atoms with Gasteiger partial charge in [-0.05, 0) is 57.0 Å². The number of carbonyl (C=O) groups is 1. The summed E-state index contributed by atoms with van der Waals surface area (Å²) >= 11 is 0. The Hall–Kier alpha value is -3.22. The highest BCUT2D eigenvalue weighted by atomic mass is 16.5. The molecule has 0 aliphatic heterocycles. The maximum absolute atomic E-state index is 12.1. The fourth-order valence-corrected chi connectivity index (χ4v) is 2.52. The summed E-state index contributed by atoms with van der Waals surface area (Å²) in [4.78, 5) is 20.4. The monoisotopic (exact) mass is 351 g/mol. The summed E-state index contributed by atoms with van der Waals surface area (Å²) in [6, 6.07) is 9.36. The number of aromatic nitrogens is 4. The van der Waals surface area contributed by atoms with Gasteiger partial charge < -0.3 is 10.1 Å². The maximum atomic E-state index is 12.1. The molecule has 0 saturated carbocycles. The number of amides is 1. The van der Waals surface area contributed by atoms with Crippen molar-refractivity contribution in [2.24, 2.45) is 0 Å². The molecule has 1 amide bonds. The van der Waals surface area contributed by atoms with Gasteiger partial charge in [-0.1, -0.05) is 6.07 Å². The van der Waals surface area contributed by atoms with Gasteiger partial charge in [-0.2, -0.15) is 5.10 Å². The van der Waals surface area contributed by atoms with Crippen molar-refractivity contribution in [2.75, 3.05) is 11.9 Å². The number of nitrogens with zero attached hydrogens (tertiary/aromatic N) is 4. The molecule has 0 aliphatic carbocycles. The van der Waals surface area contributed by atoms with Crippen molar-refractivity contribution in [3.05, 3.63) is 59.2 Å². The number of rotatable bonds is 5. The maximum Gasteiger partial charge on any atom is 0.263 e. The van der Waals surface area contributed by atoms with E-state index in [2.05, 4.69) is 20.4 Å². The predicted molar refractivity (Wildman–Crippen MR) is 98.7 cm³/mol. The lowest BCUT2D eigenvalue weighted by molar-refractivity contribution is -0.118. The summed E-state index contributed by atoms with van der Waals surface area (Å²) in [7, 11) is 0. The second-order valence-electron chi connectivity index (χ2n) is 6.18. The average molecular weight is 351 g/mol. The Kier molecular flexibility index (Phi) is 4.97. The molecule has 3 rings (SSSR count). The summed E-state index contributed by atoms with van der Waals surface area (Å²) in [6.07, 6.45) is 1.39. The number of nitrogens with one attached hydrogen (secondary N) is 1. The van der Waals surface area contributed by atoms with Crippen molar-refractivity contribution >= 4 is 11.7 Å². The zero-order valence-corrected chi connectivity index (χ0v) is 15.3. The Morgan fingerprint density at radius 1 is 1.08 bits per heavy atom. The molecule has 134 valence electrons. The normalized spacial score (nSPS) is 10.6. The molecule has 3 aromatic rings. The lowest BCUT2D eigenvalue weighted by Gasteiger charge is -2.09. The van der Waals surface area contributed by atoms with E-state index >= 15 is 0 Å². The molecule has 0 spiro atoms. The number of carbonyl (C=O) groups excluding carboxylic acids is 1. The minimum Gasteiger partial charge on any atom is -0.484 e. The molecule has 7 nitrogen and oxygen atoms in total. The molecule has 0 fully saturated rings. The molecule has 0 radical (unpaired) electrons. The van der Waals surface area contributed by atoms with Crippen LogP contribution >= 0.6 is 0 Å². The summed E-state index contributed by atoms with van der Waals surface area (Å²) in [5.74, 6) is 1.36. The second-order valence-corrected chi connectivity index (χ2v) is 6.18. The topological polar surface area (TPSA) is 81.9 Å². The van der Waals surface area contributed by atoms with Crippen LogP contribution in [0.25, 0.3) is 5.82 Å². The second kappa shape index (κ2) is 7.35. The Morgan fingerprint density at radius 3 is 2.58 bits per heavy atom. The molecule has 2 aromatic heterocycles. The highest BCUT2D eigenvalue weighted by Gasteiger charge is 2.09. The van der Waals surface area contributed by atoms with Crippen LogP contribution in [-0.4, -0.2) is 32.3 Å². The van der Waals surface area contributed by atoms with Crippen molar-refractivity contribution in [1.82, 2.24) is 19.7 Å². The third-order valence-corrected chi connectivity index (χ3v) is 4.00. The number of hydrogen-bond donors (Lipinski definition) is 1. The van der Waals surface area contributed by atoms with Gasteiger partial charge in [-0.15, -0.1) is 0 Å². The predicted octanol–water partition coefficient (Wildman–Crippen LogP) is 2.91. The number of ether oxygens (including phenoxy) is 1. The van der Waals surface area contributed by atoms with Crippen LogP contribution in [0, 0.1) is 27.7 Å². The quantitative estimate of drug-likeness (QED) is 0.764. The highest BCUT2D eigenvalue weighted by Crippen LogP contribution is 2.16. The first kappa shape index (κ1) is 17.6. The molecule has 1 aromatic carbocycles. The van der Waals surface area contributed by atoms with Crippen molar-refractivity contribution in [3.63, 3.8) is 0 Å². The first-order valence-corrected chi connectivity index (χ1v) is 8.28. The molecule has 0 saturated heterocycles. The molecule has 7 heteroatoms. The zero-order valence-electron chi connectivity index (χ0n) is 15.3. The third kappa shape index (κ3) is 4.05. The van der Waals surface area contributed by atoms with Crippen LogP contribution in [0.1, 0.15) is 22.5 Å². The minimum atomic E-state index is -0.291. The fraction of sp³-hybridized carbons (Fsp3) is 0.263. The van der Waals surface area contributed by atoms with Crippen molar-refractivity contribution in [2.45, 2.75) is 27.7 Å². The lowest BCUT2D eigenvalue weighted by atomic mass is 10.1. The standard InChI is InChI=1S/C19H21N5O2/c1-12-5-6-16(7-13(12)2)26-10-19(25)22-17-9-18(21-11-20-17)24-15(4)8-14(3)23-24/h5-9,11H,10H2,1-4H3,(H,20,21,22,25). The van der Waals surface area contributed by atoms with Gasteiger partial charge in [0.05, 0.1) is 5.69 Å². The van der Waals surface area contributed by atoms with Crippen LogP contribution in [0.4, 0.5) is 5.82 Å². The van der Waals surface area contributed by atoms with Crippen LogP contribution in [-0.2, 0) is 4.79 Å². The summed E-state index contributed by atoms with van der Waals surface area (Å²) in [5, 5.41) is 7.10. The van der Waals surface area contributed by atoms with E-state index in [0.717, 1.165) is 17.0 Å². The molecule has 0 atom stereocenters. The summed E-state index contributed by atoms with van der Waals surface area (Å²) < 4.78 is 7.25. The van der Waals surface area contributed by atoms with Crippen LogP contribution in [0.15, 0.2) is 36.7 Å². The Morgan fingerprint density at radius 2 is 1.88 bits per heavy atom. The van der Waals surface area contributed by atoms with Gasteiger partial charge >= 0.3 is 0 Å². The summed E-state index contributed by atoms with van der Waals surface area (Å²) in [5.41, 5.74) is 4.15. The van der Waals surface area contributed by atoms with Gasteiger partial charge in [-0.3, -0.25) is 4.79 Å². The third-order valence-electron chi connectivity index (χ3n) is 4.00. The first-order valence-electron chi connectivity index (χ1n) is 8.28. The van der Waals surface area contributed by atoms with E-state index < -0.39 is 0 Å². The zero-order chi connectivity index (χ0) is 18.7. The van der Waals surface area contributed by atoms with E-state index in [-0.39, 0.29) is 12.5 Å². The molecule has 26 heavy (non-hydrogen) atoms. The van der Waals surface area contributed by atoms with E-state index in [1.807, 2.05) is 52.0 Å². The molecule has 0 aliphatic rings. The Labute approximate surface area is 152 Å². The SMILES string of the molecule is Cc1cc(C)n(-c2cc(NC(=O)COc3ccc(C)c(C)c3)ncn2)n1. The Bertz CT molecular complexity index is 949. The molecule has 1 N–H and O–H groups in total. The number of aryl methyl sites for hydroxylation is 4. The van der Waals surface area contributed by atoms with Gasteiger partial charge in [0.15, 0.2) is 12.4 Å². The number of hydrogen-bond acceptors (Lipinski definition) is 5. The average Bonchev–Trinajstić information content (AvgIpc) is 2.94.